The van der Waals surface area contributed by atoms with Crippen LogP contribution in [0.5, 0.6) is 0 Å². The number of aliphatic hydroxyl groups excluding tert-OH is 1. The number of carbonyl (C=O) groups excluding carboxylic acids is 1. The molecule has 0 aromatic rings. The Morgan fingerprint density at radius 3 is 2.58 bits per heavy atom. The highest BCUT2D eigenvalue weighted by atomic mass is 16.4. The van der Waals surface area contributed by atoms with Gasteiger partial charge in [-0.25, -0.2) is 9.59 Å². The SMILES string of the molecule is CN(CC1CC(O)C1)C(=O)N1CCCC1(C)C(=O)O. The van der Waals surface area contributed by atoms with E-state index in [1.165, 1.54) is 4.90 Å². The average Bonchev–Trinajstić information content (AvgIpc) is 2.69. The molecule has 1 aliphatic heterocycles. The minimum absolute atomic E-state index is 0.219. The highest BCUT2D eigenvalue weighted by molar-refractivity contribution is 5.86. The lowest BCUT2D eigenvalue weighted by Crippen LogP contribution is -2.55. The summed E-state index contributed by atoms with van der Waals surface area (Å²) in [7, 11) is 1.70. The number of rotatable bonds is 3. The number of hydrogen-bond donors (Lipinski definition) is 2. The van der Waals surface area contributed by atoms with Gasteiger partial charge in [-0.2, -0.15) is 0 Å². The monoisotopic (exact) mass is 270 g/mol. The van der Waals surface area contributed by atoms with E-state index in [0.29, 0.717) is 25.4 Å². The zero-order chi connectivity index (χ0) is 14.2. The molecule has 2 fully saturated rings. The largest absolute Gasteiger partial charge is 0.480 e. The molecule has 108 valence electrons. The van der Waals surface area contributed by atoms with Crippen LogP contribution < -0.4 is 0 Å². The summed E-state index contributed by atoms with van der Waals surface area (Å²) in [5, 5.41) is 18.5. The van der Waals surface area contributed by atoms with Crippen LogP contribution in [0.3, 0.4) is 0 Å². The molecule has 0 radical (unpaired) electrons. The number of aliphatic hydroxyl groups is 1. The highest BCUT2D eigenvalue weighted by Crippen LogP contribution is 2.32. The molecule has 1 atom stereocenters. The summed E-state index contributed by atoms with van der Waals surface area (Å²) in [6, 6.07) is -0.219. The van der Waals surface area contributed by atoms with Crippen molar-refractivity contribution < 1.29 is 19.8 Å². The molecule has 2 amide bonds. The summed E-state index contributed by atoms with van der Waals surface area (Å²) in [4.78, 5) is 26.7. The van der Waals surface area contributed by atoms with Crippen molar-refractivity contribution in [2.45, 2.75) is 44.2 Å². The summed E-state index contributed by atoms with van der Waals surface area (Å²) in [5.74, 6) is -0.603. The van der Waals surface area contributed by atoms with Crippen molar-refractivity contribution in [3.63, 3.8) is 0 Å². The molecular formula is C13H22N2O4. The van der Waals surface area contributed by atoms with Gasteiger partial charge < -0.3 is 20.0 Å². The number of aliphatic carboxylic acids is 1. The van der Waals surface area contributed by atoms with E-state index < -0.39 is 11.5 Å². The molecular weight excluding hydrogens is 248 g/mol. The van der Waals surface area contributed by atoms with Crippen LogP contribution in [0.4, 0.5) is 4.79 Å². The van der Waals surface area contributed by atoms with E-state index in [-0.39, 0.29) is 12.1 Å². The second-order valence-corrected chi connectivity index (χ2v) is 5.99. The molecule has 2 N–H and O–H groups in total. The van der Waals surface area contributed by atoms with Gasteiger partial charge >= 0.3 is 12.0 Å². The third-order valence-electron chi connectivity index (χ3n) is 4.40. The molecule has 1 saturated carbocycles. The maximum Gasteiger partial charge on any atom is 0.329 e. The molecule has 1 saturated heterocycles. The number of amides is 2. The van der Waals surface area contributed by atoms with Gasteiger partial charge in [0, 0.05) is 20.1 Å². The van der Waals surface area contributed by atoms with Crippen molar-refractivity contribution >= 4 is 12.0 Å². The van der Waals surface area contributed by atoms with Gasteiger partial charge in [0.2, 0.25) is 0 Å². The Morgan fingerprint density at radius 2 is 2.05 bits per heavy atom. The first-order valence-electron chi connectivity index (χ1n) is 6.79. The molecule has 0 bridgehead atoms. The molecule has 1 heterocycles. The fourth-order valence-corrected chi connectivity index (χ4v) is 3.01. The zero-order valence-electron chi connectivity index (χ0n) is 11.5. The third-order valence-corrected chi connectivity index (χ3v) is 4.40. The number of likely N-dealkylation sites (tertiary alicyclic amines) is 1. The molecule has 2 aliphatic rings. The zero-order valence-corrected chi connectivity index (χ0v) is 11.5. The summed E-state index contributed by atoms with van der Waals surface area (Å²) in [6.07, 6.45) is 2.46. The minimum atomic E-state index is -1.08. The minimum Gasteiger partial charge on any atom is -0.480 e. The maximum atomic E-state index is 12.3. The van der Waals surface area contributed by atoms with Crippen LogP contribution in [0.25, 0.3) is 0 Å². The van der Waals surface area contributed by atoms with Gasteiger partial charge in [0.25, 0.3) is 0 Å². The predicted octanol–water partition coefficient (Wildman–Crippen LogP) is 0.748. The van der Waals surface area contributed by atoms with Crippen LogP contribution in [0.15, 0.2) is 0 Å². The topological polar surface area (TPSA) is 81.1 Å². The fraction of sp³-hybridized carbons (Fsp3) is 0.846. The van der Waals surface area contributed by atoms with Gasteiger partial charge in [-0.15, -0.1) is 0 Å². The lowest BCUT2D eigenvalue weighted by atomic mass is 9.82. The van der Waals surface area contributed by atoms with E-state index >= 15 is 0 Å². The van der Waals surface area contributed by atoms with Crippen LogP contribution in [0.1, 0.15) is 32.6 Å². The summed E-state index contributed by atoms with van der Waals surface area (Å²) >= 11 is 0. The quantitative estimate of drug-likeness (QED) is 0.793. The van der Waals surface area contributed by atoms with Crippen molar-refractivity contribution in [2.75, 3.05) is 20.1 Å². The Morgan fingerprint density at radius 1 is 1.42 bits per heavy atom. The van der Waals surface area contributed by atoms with Gasteiger partial charge in [-0.05, 0) is 38.5 Å². The average molecular weight is 270 g/mol. The molecule has 0 aromatic heterocycles. The van der Waals surface area contributed by atoms with Gasteiger partial charge in [0.05, 0.1) is 6.10 Å². The number of hydrogen-bond acceptors (Lipinski definition) is 3. The van der Waals surface area contributed by atoms with Gasteiger partial charge in [-0.3, -0.25) is 0 Å². The highest BCUT2D eigenvalue weighted by Gasteiger charge is 2.47. The number of carboxylic acid groups (broad SMARTS) is 1. The van der Waals surface area contributed by atoms with Crippen molar-refractivity contribution in [1.82, 2.24) is 9.80 Å². The van der Waals surface area contributed by atoms with E-state index in [1.54, 1.807) is 18.9 Å². The van der Waals surface area contributed by atoms with Gasteiger partial charge in [0.15, 0.2) is 0 Å². The van der Waals surface area contributed by atoms with Crippen molar-refractivity contribution in [2.24, 2.45) is 5.92 Å². The molecule has 2 rings (SSSR count). The molecule has 6 nitrogen and oxygen atoms in total. The van der Waals surface area contributed by atoms with Crippen LogP contribution in [-0.2, 0) is 4.79 Å². The smallest absolute Gasteiger partial charge is 0.329 e. The molecule has 0 spiro atoms. The first kappa shape index (κ1) is 14.1. The molecule has 1 unspecified atom stereocenters. The second kappa shape index (κ2) is 5.00. The lowest BCUT2D eigenvalue weighted by molar-refractivity contribution is -0.147. The fourth-order valence-electron chi connectivity index (χ4n) is 3.01. The Kier molecular flexibility index (Phi) is 3.71. The van der Waals surface area contributed by atoms with E-state index in [1.807, 2.05) is 0 Å². The van der Waals surface area contributed by atoms with Crippen molar-refractivity contribution in [3.8, 4) is 0 Å². The summed E-state index contributed by atoms with van der Waals surface area (Å²) in [5.41, 5.74) is -1.08. The molecule has 19 heavy (non-hydrogen) atoms. The molecule has 0 aromatic carbocycles. The van der Waals surface area contributed by atoms with E-state index in [9.17, 15) is 19.8 Å². The Hall–Kier alpha value is -1.30. The summed E-state index contributed by atoms with van der Waals surface area (Å²) < 4.78 is 0. The number of carbonyl (C=O) groups is 2. The van der Waals surface area contributed by atoms with Gasteiger partial charge in [-0.1, -0.05) is 0 Å². The van der Waals surface area contributed by atoms with Gasteiger partial charge in [0.1, 0.15) is 5.54 Å². The molecule has 6 heteroatoms. The van der Waals surface area contributed by atoms with Crippen LogP contribution >= 0.6 is 0 Å². The normalized spacial score (nSPS) is 33.9. The number of urea groups is 1. The Balaban J connectivity index is 1.96. The third kappa shape index (κ3) is 2.54. The first-order chi connectivity index (χ1) is 8.84. The number of carboxylic acids is 1. The van der Waals surface area contributed by atoms with Crippen molar-refractivity contribution in [3.05, 3.63) is 0 Å². The predicted molar refractivity (Wildman–Crippen MR) is 68.7 cm³/mol. The Labute approximate surface area is 113 Å². The Bertz CT molecular complexity index is 381. The molecule has 1 aliphatic carbocycles. The second-order valence-electron chi connectivity index (χ2n) is 5.99. The van der Waals surface area contributed by atoms with E-state index in [4.69, 9.17) is 0 Å². The first-order valence-corrected chi connectivity index (χ1v) is 6.79. The summed E-state index contributed by atoms with van der Waals surface area (Å²) in [6.45, 7) is 2.70. The van der Waals surface area contributed by atoms with Crippen LogP contribution in [-0.4, -0.2) is 63.8 Å². The van der Waals surface area contributed by atoms with E-state index in [2.05, 4.69) is 0 Å². The van der Waals surface area contributed by atoms with Crippen molar-refractivity contribution in [1.29, 1.82) is 0 Å². The standard InChI is InChI=1S/C13H22N2O4/c1-13(11(17)18)4-3-5-15(13)12(19)14(2)8-9-6-10(16)7-9/h9-10,16H,3-8H2,1-2H3,(H,17,18). The number of nitrogens with zero attached hydrogens (tertiary/aromatic N) is 2. The van der Waals surface area contributed by atoms with Crippen LogP contribution in [0.2, 0.25) is 0 Å². The van der Waals surface area contributed by atoms with Crippen LogP contribution in [0, 0.1) is 5.92 Å². The lowest BCUT2D eigenvalue weighted by Gasteiger charge is -2.38. The van der Waals surface area contributed by atoms with E-state index in [0.717, 1.165) is 19.3 Å². The maximum absolute atomic E-state index is 12.3.